The van der Waals surface area contributed by atoms with Crippen LogP contribution in [-0.4, -0.2) is 25.2 Å². The van der Waals surface area contributed by atoms with E-state index in [-0.39, 0.29) is 0 Å². The molecule has 0 saturated heterocycles. The third-order valence-electron chi connectivity index (χ3n) is 1.67. The Morgan fingerprint density at radius 2 is 2.46 bits per heavy atom. The van der Waals surface area contributed by atoms with Gasteiger partial charge in [-0.15, -0.1) is 0 Å². The summed E-state index contributed by atoms with van der Waals surface area (Å²) in [6.07, 6.45) is 1.75. The number of ether oxygens (including phenoxy) is 1. The van der Waals surface area contributed by atoms with E-state index in [0.29, 0.717) is 13.2 Å². The lowest BCUT2D eigenvalue weighted by Gasteiger charge is -2.05. The van der Waals surface area contributed by atoms with Gasteiger partial charge in [-0.25, -0.2) is 4.98 Å². The molecule has 4 nitrogen and oxygen atoms in total. The molecule has 0 amide bonds. The number of nitrogens with zero attached hydrogens (tertiary/aromatic N) is 1. The van der Waals surface area contributed by atoms with Crippen molar-refractivity contribution in [1.29, 1.82) is 0 Å². The van der Waals surface area contributed by atoms with Crippen LogP contribution in [0.3, 0.4) is 0 Å². The number of hydrogen-bond acceptors (Lipinski definition) is 4. The van der Waals surface area contributed by atoms with Gasteiger partial charge in [0.25, 0.3) is 0 Å². The zero-order valence-corrected chi connectivity index (χ0v) is 7.79. The largest absolute Gasteiger partial charge is 0.383 e. The third-order valence-corrected chi connectivity index (χ3v) is 1.67. The van der Waals surface area contributed by atoms with Gasteiger partial charge in [0, 0.05) is 26.4 Å². The van der Waals surface area contributed by atoms with Crippen molar-refractivity contribution in [3.63, 3.8) is 0 Å². The zero-order valence-electron chi connectivity index (χ0n) is 7.79. The fourth-order valence-electron chi connectivity index (χ4n) is 0.979. The van der Waals surface area contributed by atoms with Crippen LogP contribution in [0.1, 0.15) is 5.56 Å². The molecular weight excluding hydrogens is 166 g/mol. The van der Waals surface area contributed by atoms with Gasteiger partial charge >= 0.3 is 0 Å². The maximum atomic E-state index is 5.49. The first kappa shape index (κ1) is 9.95. The minimum Gasteiger partial charge on any atom is -0.383 e. The standard InChI is InChI=1S/C9H15N3O/c1-13-5-4-12-9-6-8(7-10)2-3-11-9/h2-3,6H,4-5,7,10H2,1H3,(H,11,12). The second-order valence-corrected chi connectivity index (χ2v) is 2.67. The number of hydrogen-bond donors (Lipinski definition) is 2. The summed E-state index contributed by atoms with van der Waals surface area (Å²) in [7, 11) is 1.67. The first-order chi connectivity index (χ1) is 6.36. The lowest BCUT2D eigenvalue weighted by Crippen LogP contribution is -2.09. The first-order valence-electron chi connectivity index (χ1n) is 4.24. The Kier molecular flexibility index (Phi) is 4.21. The summed E-state index contributed by atoms with van der Waals surface area (Å²) in [6, 6.07) is 3.84. The highest BCUT2D eigenvalue weighted by Crippen LogP contribution is 2.04. The van der Waals surface area contributed by atoms with Crippen LogP contribution in [-0.2, 0) is 11.3 Å². The Bertz CT molecular complexity index is 252. The molecule has 0 radical (unpaired) electrons. The third kappa shape index (κ3) is 3.40. The highest BCUT2D eigenvalue weighted by Gasteiger charge is 1.94. The van der Waals surface area contributed by atoms with E-state index in [0.717, 1.165) is 17.9 Å². The van der Waals surface area contributed by atoms with Gasteiger partial charge in [0.2, 0.25) is 0 Å². The topological polar surface area (TPSA) is 60.2 Å². The smallest absolute Gasteiger partial charge is 0.126 e. The monoisotopic (exact) mass is 181 g/mol. The number of nitrogens with one attached hydrogen (secondary N) is 1. The summed E-state index contributed by atoms with van der Waals surface area (Å²) < 4.78 is 4.91. The Hall–Kier alpha value is -1.13. The van der Waals surface area contributed by atoms with Crippen molar-refractivity contribution < 1.29 is 4.74 Å². The summed E-state index contributed by atoms with van der Waals surface area (Å²) >= 11 is 0. The molecule has 0 aliphatic rings. The van der Waals surface area contributed by atoms with Crippen LogP contribution in [0.4, 0.5) is 5.82 Å². The minimum absolute atomic E-state index is 0.543. The van der Waals surface area contributed by atoms with Crippen molar-refractivity contribution in [2.24, 2.45) is 5.73 Å². The van der Waals surface area contributed by atoms with E-state index in [9.17, 15) is 0 Å². The SMILES string of the molecule is COCCNc1cc(CN)ccn1. The van der Waals surface area contributed by atoms with Crippen LogP contribution < -0.4 is 11.1 Å². The van der Waals surface area contributed by atoms with Crippen LogP contribution >= 0.6 is 0 Å². The number of pyridine rings is 1. The molecular formula is C9H15N3O. The van der Waals surface area contributed by atoms with Gasteiger partial charge in [-0.05, 0) is 17.7 Å². The Morgan fingerprint density at radius 1 is 1.62 bits per heavy atom. The van der Waals surface area contributed by atoms with Gasteiger partial charge in [-0.3, -0.25) is 0 Å². The normalized spacial score (nSPS) is 10.0. The van der Waals surface area contributed by atoms with Crippen LogP contribution in [0.5, 0.6) is 0 Å². The molecule has 0 saturated carbocycles. The van der Waals surface area contributed by atoms with E-state index < -0.39 is 0 Å². The van der Waals surface area contributed by atoms with Gasteiger partial charge in [0.05, 0.1) is 6.61 Å². The van der Waals surface area contributed by atoms with Gasteiger partial charge in [-0.2, -0.15) is 0 Å². The van der Waals surface area contributed by atoms with E-state index in [1.807, 2.05) is 12.1 Å². The average Bonchev–Trinajstić information content (AvgIpc) is 2.19. The highest BCUT2D eigenvalue weighted by atomic mass is 16.5. The lowest BCUT2D eigenvalue weighted by molar-refractivity contribution is 0.210. The minimum atomic E-state index is 0.543. The van der Waals surface area contributed by atoms with Gasteiger partial charge in [0.15, 0.2) is 0 Å². The molecule has 0 unspecified atom stereocenters. The average molecular weight is 181 g/mol. The molecule has 72 valence electrons. The quantitative estimate of drug-likeness (QED) is 0.653. The second kappa shape index (κ2) is 5.50. The molecule has 13 heavy (non-hydrogen) atoms. The van der Waals surface area contributed by atoms with Gasteiger partial charge < -0.3 is 15.8 Å². The van der Waals surface area contributed by atoms with Crippen LogP contribution in [0.15, 0.2) is 18.3 Å². The molecule has 1 aromatic heterocycles. The van der Waals surface area contributed by atoms with Crippen LogP contribution in [0.25, 0.3) is 0 Å². The predicted molar refractivity (Wildman–Crippen MR) is 52.5 cm³/mol. The van der Waals surface area contributed by atoms with Crippen LogP contribution in [0, 0.1) is 0 Å². The molecule has 1 rings (SSSR count). The number of aromatic nitrogens is 1. The van der Waals surface area contributed by atoms with Crippen LogP contribution in [0.2, 0.25) is 0 Å². The lowest BCUT2D eigenvalue weighted by atomic mass is 10.2. The number of methoxy groups -OCH3 is 1. The molecule has 3 N–H and O–H groups in total. The molecule has 0 spiro atoms. The Labute approximate surface area is 78.1 Å². The summed E-state index contributed by atoms with van der Waals surface area (Å²) in [5, 5.41) is 3.13. The van der Waals surface area contributed by atoms with Gasteiger partial charge in [0.1, 0.15) is 5.82 Å². The molecule has 1 aromatic rings. The number of rotatable bonds is 5. The van der Waals surface area contributed by atoms with Crippen molar-refractivity contribution >= 4 is 5.82 Å². The van der Waals surface area contributed by atoms with E-state index in [1.54, 1.807) is 13.3 Å². The summed E-state index contributed by atoms with van der Waals surface area (Å²) in [6.45, 7) is 1.98. The number of nitrogens with two attached hydrogens (primary N) is 1. The van der Waals surface area contributed by atoms with E-state index in [1.165, 1.54) is 0 Å². The van der Waals surface area contributed by atoms with Crippen molar-refractivity contribution in [2.75, 3.05) is 25.6 Å². The maximum absolute atomic E-state index is 5.49. The van der Waals surface area contributed by atoms with E-state index >= 15 is 0 Å². The molecule has 0 aromatic carbocycles. The van der Waals surface area contributed by atoms with E-state index in [2.05, 4.69) is 10.3 Å². The maximum Gasteiger partial charge on any atom is 0.126 e. The van der Waals surface area contributed by atoms with Gasteiger partial charge in [-0.1, -0.05) is 0 Å². The number of anilines is 1. The van der Waals surface area contributed by atoms with Crippen molar-refractivity contribution in [2.45, 2.75) is 6.54 Å². The van der Waals surface area contributed by atoms with E-state index in [4.69, 9.17) is 10.5 Å². The van der Waals surface area contributed by atoms with Crippen molar-refractivity contribution in [1.82, 2.24) is 4.98 Å². The predicted octanol–water partition coefficient (Wildman–Crippen LogP) is 0.599. The molecule has 0 bridgehead atoms. The van der Waals surface area contributed by atoms with Crippen molar-refractivity contribution in [3.8, 4) is 0 Å². The molecule has 1 heterocycles. The van der Waals surface area contributed by atoms with Crippen molar-refractivity contribution in [3.05, 3.63) is 23.9 Å². The zero-order chi connectivity index (χ0) is 9.52. The fraction of sp³-hybridized carbons (Fsp3) is 0.444. The first-order valence-corrected chi connectivity index (χ1v) is 4.24. The molecule has 4 heteroatoms. The summed E-state index contributed by atoms with van der Waals surface area (Å²) in [4.78, 5) is 4.14. The second-order valence-electron chi connectivity index (χ2n) is 2.67. The Balaban J connectivity index is 2.46. The highest BCUT2D eigenvalue weighted by molar-refractivity contribution is 5.37. The fourth-order valence-corrected chi connectivity index (χ4v) is 0.979. The molecule has 0 fully saturated rings. The molecule has 0 atom stereocenters. The Morgan fingerprint density at radius 3 is 3.15 bits per heavy atom. The molecule has 0 aliphatic carbocycles. The summed E-state index contributed by atoms with van der Waals surface area (Å²) in [5.41, 5.74) is 6.57. The summed E-state index contributed by atoms with van der Waals surface area (Å²) in [5.74, 6) is 0.847. The molecule has 0 aliphatic heterocycles.